The second kappa shape index (κ2) is 6.08. The summed E-state index contributed by atoms with van der Waals surface area (Å²) in [7, 11) is 0. The van der Waals surface area contributed by atoms with Gasteiger partial charge in [-0.1, -0.05) is 13.8 Å². The van der Waals surface area contributed by atoms with Gasteiger partial charge in [0.1, 0.15) is 0 Å². The second-order valence-electron chi connectivity index (χ2n) is 4.30. The Bertz CT molecular complexity index is 201. The van der Waals surface area contributed by atoms with E-state index < -0.39 is 5.97 Å². The molecule has 1 unspecified atom stereocenters. The van der Waals surface area contributed by atoms with Gasteiger partial charge in [0, 0.05) is 26.2 Å². The maximum absolute atomic E-state index is 10.6. The summed E-state index contributed by atoms with van der Waals surface area (Å²) in [6.45, 7) is 10.4. The minimum atomic E-state index is -0.679. The van der Waals surface area contributed by atoms with Crippen LogP contribution in [0.15, 0.2) is 0 Å². The zero-order valence-electron chi connectivity index (χ0n) is 9.78. The lowest BCUT2D eigenvalue weighted by molar-refractivity contribution is -0.141. The highest BCUT2D eigenvalue weighted by Gasteiger charge is 2.17. The normalized spacial score (nSPS) is 21.5. The van der Waals surface area contributed by atoms with Crippen LogP contribution in [-0.4, -0.2) is 60.1 Å². The smallest absolute Gasteiger partial charge is 0.306 e. The molecule has 0 spiro atoms. The van der Waals surface area contributed by atoms with E-state index in [1.54, 1.807) is 6.92 Å². The molecule has 0 aliphatic carbocycles. The van der Waals surface area contributed by atoms with Crippen LogP contribution >= 0.6 is 0 Å². The summed E-state index contributed by atoms with van der Waals surface area (Å²) in [6.07, 6.45) is 0.765. The van der Waals surface area contributed by atoms with Gasteiger partial charge < -0.3 is 14.9 Å². The van der Waals surface area contributed by atoms with Gasteiger partial charge >= 0.3 is 5.97 Å². The third-order valence-electron chi connectivity index (χ3n) is 3.21. The lowest BCUT2D eigenvalue weighted by Crippen LogP contribution is -2.46. The lowest BCUT2D eigenvalue weighted by Gasteiger charge is -2.34. The number of likely N-dealkylation sites (N-methyl/N-ethyl adjacent to an activating group) is 1. The van der Waals surface area contributed by atoms with Crippen LogP contribution in [0.3, 0.4) is 0 Å². The van der Waals surface area contributed by atoms with Crippen molar-refractivity contribution < 1.29 is 9.90 Å². The monoisotopic (exact) mass is 214 g/mol. The maximum Gasteiger partial charge on any atom is 0.306 e. The van der Waals surface area contributed by atoms with Crippen LogP contribution < -0.4 is 0 Å². The fraction of sp³-hybridized carbons (Fsp3) is 0.909. The molecule has 1 N–H and O–H groups in total. The fourth-order valence-corrected chi connectivity index (χ4v) is 1.83. The number of aliphatic carboxylic acids is 1. The summed E-state index contributed by atoms with van der Waals surface area (Å²) in [6, 6.07) is 0. The number of carboxylic acids is 1. The Morgan fingerprint density at radius 2 is 1.80 bits per heavy atom. The number of nitrogens with zero attached hydrogens (tertiary/aromatic N) is 2. The Labute approximate surface area is 91.9 Å². The van der Waals surface area contributed by atoms with Gasteiger partial charge in [-0.25, -0.2) is 0 Å². The predicted octanol–water partition coefficient (Wildman–Crippen LogP) is 0.735. The molecule has 1 atom stereocenters. The summed E-state index contributed by atoms with van der Waals surface area (Å²) >= 11 is 0. The standard InChI is InChI=1S/C11H22N2O2/c1-3-12-6-8-13(9-7-12)5-4-10(2)11(14)15/h10H,3-9H2,1-2H3,(H,14,15). The van der Waals surface area contributed by atoms with Crippen LogP contribution in [0.2, 0.25) is 0 Å². The fourth-order valence-electron chi connectivity index (χ4n) is 1.83. The van der Waals surface area contributed by atoms with E-state index >= 15 is 0 Å². The van der Waals surface area contributed by atoms with Gasteiger partial charge in [-0.15, -0.1) is 0 Å². The molecule has 1 saturated heterocycles. The van der Waals surface area contributed by atoms with E-state index in [9.17, 15) is 4.79 Å². The van der Waals surface area contributed by atoms with E-state index in [0.29, 0.717) is 0 Å². The molecule has 1 aliphatic heterocycles. The Kier molecular flexibility index (Phi) is 5.05. The first-order valence-corrected chi connectivity index (χ1v) is 5.81. The molecule has 0 saturated carbocycles. The number of rotatable bonds is 5. The van der Waals surface area contributed by atoms with Crippen LogP contribution in [0.1, 0.15) is 20.3 Å². The van der Waals surface area contributed by atoms with Crippen LogP contribution in [0.4, 0.5) is 0 Å². The van der Waals surface area contributed by atoms with Crippen molar-refractivity contribution in [2.24, 2.45) is 5.92 Å². The molecule has 1 heterocycles. The van der Waals surface area contributed by atoms with Gasteiger partial charge in [0.05, 0.1) is 5.92 Å². The molecule has 0 radical (unpaired) electrons. The average Bonchev–Trinajstić information content (AvgIpc) is 2.26. The van der Waals surface area contributed by atoms with Gasteiger partial charge in [-0.2, -0.15) is 0 Å². The Morgan fingerprint density at radius 3 is 2.27 bits per heavy atom. The number of hydrogen-bond donors (Lipinski definition) is 1. The van der Waals surface area contributed by atoms with Crippen molar-refractivity contribution in [2.45, 2.75) is 20.3 Å². The second-order valence-corrected chi connectivity index (χ2v) is 4.30. The first-order chi connectivity index (χ1) is 7.13. The van der Waals surface area contributed by atoms with E-state index in [0.717, 1.165) is 45.7 Å². The van der Waals surface area contributed by atoms with Crippen molar-refractivity contribution in [1.29, 1.82) is 0 Å². The van der Waals surface area contributed by atoms with Crippen molar-refractivity contribution in [3.8, 4) is 0 Å². The van der Waals surface area contributed by atoms with E-state index in [4.69, 9.17) is 5.11 Å². The molecule has 0 aromatic carbocycles. The zero-order chi connectivity index (χ0) is 11.3. The topological polar surface area (TPSA) is 43.8 Å². The number of hydrogen-bond acceptors (Lipinski definition) is 3. The highest BCUT2D eigenvalue weighted by molar-refractivity contribution is 5.69. The SMILES string of the molecule is CCN1CCN(CCC(C)C(=O)O)CC1. The minimum Gasteiger partial charge on any atom is -0.481 e. The molecule has 4 nitrogen and oxygen atoms in total. The van der Waals surface area contributed by atoms with Crippen LogP contribution in [0.25, 0.3) is 0 Å². The molecule has 0 amide bonds. The number of carboxylic acid groups (broad SMARTS) is 1. The molecule has 0 bridgehead atoms. The molecule has 1 rings (SSSR count). The first kappa shape index (κ1) is 12.5. The summed E-state index contributed by atoms with van der Waals surface area (Å²) in [5.74, 6) is -0.892. The van der Waals surface area contributed by atoms with Crippen molar-refractivity contribution in [3.63, 3.8) is 0 Å². The Hall–Kier alpha value is -0.610. The quantitative estimate of drug-likeness (QED) is 0.733. The van der Waals surface area contributed by atoms with E-state index in [1.165, 1.54) is 0 Å². The van der Waals surface area contributed by atoms with Crippen LogP contribution in [0.5, 0.6) is 0 Å². The molecule has 88 valence electrons. The highest BCUT2D eigenvalue weighted by atomic mass is 16.4. The molecule has 0 aromatic heterocycles. The Morgan fingerprint density at radius 1 is 1.27 bits per heavy atom. The molecular weight excluding hydrogens is 192 g/mol. The number of piperazine rings is 1. The largest absolute Gasteiger partial charge is 0.481 e. The predicted molar refractivity (Wildman–Crippen MR) is 60.0 cm³/mol. The highest BCUT2D eigenvalue weighted by Crippen LogP contribution is 2.06. The summed E-state index contributed by atoms with van der Waals surface area (Å²) in [5, 5.41) is 8.76. The Balaban J connectivity index is 2.16. The molecule has 4 heteroatoms. The van der Waals surface area contributed by atoms with E-state index in [1.807, 2.05) is 0 Å². The van der Waals surface area contributed by atoms with Gasteiger partial charge in [-0.05, 0) is 19.5 Å². The summed E-state index contributed by atoms with van der Waals surface area (Å²) in [4.78, 5) is 15.4. The summed E-state index contributed by atoms with van der Waals surface area (Å²) < 4.78 is 0. The van der Waals surface area contributed by atoms with Gasteiger partial charge in [0.25, 0.3) is 0 Å². The third kappa shape index (κ3) is 4.18. The molecular formula is C11H22N2O2. The third-order valence-corrected chi connectivity index (χ3v) is 3.21. The van der Waals surface area contributed by atoms with Crippen molar-refractivity contribution >= 4 is 5.97 Å². The molecule has 15 heavy (non-hydrogen) atoms. The van der Waals surface area contributed by atoms with Crippen LogP contribution in [-0.2, 0) is 4.79 Å². The summed E-state index contributed by atoms with van der Waals surface area (Å²) in [5.41, 5.74) is 0. The maximum atomic E-state index is 10.6. The van der Waals surface area contributed by atoms with Gasteiger partial charge in [0.2, 0.25) is 0 Å². The molecule has 1 aliphatic rings. The van der Waals surface area contributed by atoms with Crippen molar-refractivity contribution in [2.75, 3.05) is 39.3 Å². The number of carbonyl (C=O) groups is 1. The minimum absolute atomic E-state index is 0.214. The average molecular weight is 214 g/mol. The van der Waals surface area contributed by atoms with Crippen molar-refractivity contribution in [1.82, 2.24) is 9.80 Å². The van der Waals surface area contributed by atoms with Gasteiger partial charge in [-0.3, -0.25) is 4.79 Å². The first-order valence-electron chi connectivity index (χ1n) is 5.81. The van der Waals surface area contributed by atoms with E-state index in [2.05, 4.69) is 16.7 Å². The van der Waals surface area contributed by atoms with E-state index in [-0.39, 0.29) is 5.92 Å². The van der Waals surface area contributed by atoms with Crippen molar-refractivity contribution in [3.05, 3.63) is 0 Å². The van der Waals surface area contributed by atoms with Gasteiger partial charge in [0.15, 0.2) is 0 Å². The van der Waals surface area contributed by atoms with Crippen LogP contribution in [0, 0.1) is 5.92 Å². The zero-order valence-corrected chi connectivity index (χ0v) is 9.78. The molecule has 1 fully saturated rings. The lowest BCUT2D eigenvalue weighted by atomic mass is 10.1. The molecule has 0 aromatic rings.